The van der Waals surface area contributed by atoms with Crippen LogP contribution in [-0.2, 0) is 9.59 Å². The minimum Gasteiger partial charge on any atom is -0.493 e. The summed E-state index contributed by atoms with van der Waals surface area (Å²) in [6.45, 7) is 2.99. The number of thiophene rings is 2. The molecule has 2 aromatic carbocycles. The number of halogens is 2. The normalized spacial score (nSPS) is 12.6. The zero-order valence-corrected chi connectivity index (χ0v) is 27.2. The highest BCUT2D eigenvalue weighted by atomic mass is 35.5. The predicted octanol–water partition coefficient (Wildman–Crippen LogP) is 7.48. The first-order valence-electron chi connectivity index (χ1n) is 13.2. The van der Waals surface area contributed by atoms with Gasteiger partial charge in [-0.25, -0.2) is 0 Å². The van der Waals surface area contributed by atoms with Gasteiger partial charge in [0.1, 0.15) is 13.2 Å². The van der Waals surface area contributed by atoms with E-state index in [0.29, 0.717) is 41.4 Å². The molecule has 0 fully saturated rings. The lowest BCUT2D eigenvalue weighted by molar-refractivity contribution is -0.141. The molecule has 0 saturated carbocycles. The maximum absolute atomic E-state index is 12.7. The van der Waals surface area contributed by atoms with Gasteiger partial charge in [-0.3, -0.25) is 19.2 Å². The van der Waals surface area contributed by atoms with Crippen LogP contribution in [0.15, 0.2) is 24.3 Å². The van der Waals surface area contributed by atoms with Crippen LogP contribution in [0.2, 0.25) is 10.0 Å². The largest absolute Gasteiger partial charge is 0.493 e. The van der Waals surface area contributed by atoms with Gasteiger partial charge in [0.15, 0.2) is 34.6 Å². The predicted molar refractivity (Wildman–Crippen MR) is 169 cm³/mol. The van der Waals surface area contributed by atoms with Crippen molar-refractivity contribution < 1.29 is 48.3 Å². The van der Waals surface area contributed by atoms with Crippen LogP contribution in [-0.4, -0.2) is 61.2 Å². The standard InChI is InChI=1S/C30H28Cl2O10S2/c1-13(29(35)36)7-17(33)23-9-15-21(43-23)11-19(39-3)27(25(15)31)41-5-6-42-28-20(40-4)12-22-16(26(28)32)10-24(44-22)18(34)8-14(2)30(37)38/h9-14H,5-8H2,1-4H3,(H,35,36)(H,37,38)/t13-,14-/m0/s1. The van der Waals surface area contributed by atoms with E-state index in [2.05, 4.69) is 0 Å². The summed E-state index contributed by atoms with van der Waals surface area (Å²) in [4.78, 5) is 48.4. The molecule has 0 aliphatic carbocycles. The summed E-state index contributed by atoms with van der Waals surface area (Å²) in [5.41, 5.74) is 0. The van der Waals surface area contributed by atoms with E-state index in [1.807, 2.05) is 0 Å². The molecular weight excluding hydrogens is 655 g/mol. The van der Waals surface area contributed by atoms with Gasteiger partial charge in [-0.1, -0.05) is 37.0 Å². The molecule has 4 aromatic rings. The van der Waals surface area contributed by atoms with Crippen molar-refractivity contribution in [1.29, 1.82) is 0 Å². The molecule has 2 aromatic heterocycles. The number of benzene rings is 2. The van der Waals surface area contributed by atoms with Crippen molar-refractivity contribution in [2.75, 3.05) is 27.4 Å². The van der Waals surface area contributed by atoms with Crippen molar-refractivity contribution in [2.45, 2.75) is 26.7 Å². The van der Waals surface area contributed by atoms with Crippen molar-refractivity contribution in [3.05, 3.63) is 44.1 Å². The molecule has 2 N–H and O–H groups in total. The maximum Gasteiger partial charge on any atom is 0.306 e. The van der Waals surface area contributed by atoms with E-state index in [0.717, 1.165) is 0 Å². The molecule has 2 heterocycles. The van der Waals surface area contributed by atoms with Gasteiger partial charge < -0.3 is 29.2 Å². The average molecular weight is 684 g/mol. The fourth-order valence-corrected chi connectivity index (χ4v) is 7.08. The summed E-state index contributed by atoms with van der Waals surface area (Å²) in [7, 11) is 2.91. The SMILES string of the molecule is COc1cc2sc(C(=O)C[C@H](C)C(=O)O)cc2c(Cl)c1OCCOc1c(OC)cc2sc(C(=O)C[C@H](C)C(=O)O)cc2c1Cl. The zero-order chi connectivity index (χ0) is 32.3. The Morgan fingerprint density at radius 1 is 0.705 bits per heavy atom. The van der Waals surface area contributed by atoms with Crippen LogP contribution in [0.25, 0.3) is 20.2 Å². The Labute approximate surface area is 270 Å². The summed E-state index contributed by atoms with van der Waals surface area (Å²) in [5, 5.41) is 19.9. The summed E-state index contributed by atoms with van der Waals surface area (Å²) < 4.78 is 24.2. The Bertz CT molecular complexity index is 1630. The number of Topliss-reactive ketones (excluding diaryl/α,β-unsaturated/α-hetero) is 2. The number of rotatable bonds is 15. The third-order valence-electron chi connectivity index (χ3n) is 6.76. The van der Waals surface area contributed by atoms with Gasteiger partial charge in [0, 0.05) is 45.1 Å². The molecule has 44 heavy (non-hydrogen) atoms. The van der Waals surface area contributed by atoms with E-state index < -0.39 is 23.8 Å². The number of aliphatic carboxylic acids is 2. The molecule has 0 saturated heterocycles. The summed E-state index contributed by atoms with van der Waals surface area (Å²) in [5.74, 6) is -3.17. The fraction of sp³-hybridized carbons (Fsp3) is 0.333. The van der Waals surface area contributed by atoms with E-state index in [1.165, 1.54) is 50.7 Å². The lowest BCUT2D eigenvalue weighted by atomic mass is 10.0. The number of hydrogen-bond acceptors (Lipinski definition) is 10. The minimum atomic E-state index is -1.05. The second-order valence-electron chi connectivity index (χ2n) is 9.92. The van der Waals surface area contributed by atoms with Gasteiger partial charge >= 0.3 is 11.9 Å². The van der Waals surface area contributed by atoms with Gasteiger partial charge in [0.25, 0.3) is 0 Å². The summed E-state index contributed by atoms with van der Waals surface area (Å²) in [6, 6.07) is 6.62. The second kappa shape index (κ2) is 14.0. The van der Waals surface area contributed by atoms with Crippen molar-refractivity contribution in [2.24, 2.45) is 11.8 Å². The Morgan fingerprint density at radius 2 is 1.07 bits per heavy atom. The molecule has 0 aliphatic heterocycles. The molecule has 0 spiro atoms. The van der Waals surface area contributed by atoms with Crippen LogP contribution in [0.1, 0.15) is 46.0 Å². The highest BCUT2D eigenvalue weighted by Gasteiger charge is 2.24. The van der Waals surface area contributed by atoms with Crippen molar-refractivity contribution in [3.63, 3.8) is 0 Å². The number of ether oxygens (including phenoxy) is 4. The lowest BCUT2D eigenvalue weighted by Crippen LogP contribution is -2.13. The van der Waals surface area contributed by atoms with Gasteiger partial charge in [0.05, 0.1) is 45.9 Å². The molecule has 234 valence electrons. The van der Waals surface area contributed by atoms with Gasteiger partial charge in [-0.05, 0) is 12.1 Å². The Morgan fingerprint density at radius 3 is 1.39 bits per heavy atom. The summed E-state index contributed by atoms with van der Waals surface area (Å²) in [6.07, 6.45) is -0.273. The molecule has 0 radical (unpaired) electrons. The third-order valence-corrected chi connectivity index (χ3v) is 9.75. The number of fused-ring (bicyclic) bond motifs is 2. The lowest BCUT2D eigenvalue weighted by Gasteiger charge is -2.15. The maximum atomic E-state index is 12.7. The molecule has 0 unspecified atom stereocenters. The number of carboxylic acids is 2. The van der Waals surface area contributed by atoms with Crippen LogP contribution in [0, 0.1) is 11.8 Å². The smallest absolute Gasteiger partial charge is 0.306 e. The fourth-order valence-electron chi connectivity index (χ4n) is 4.26. The topological polar surface area (TPSA) is 146 Å². The highest BCUT2D eigenvalue weighted by molar-refractivity contribution is 7.21. The Balaban J connectivity index is 1.51. The van der Waals surface area contributed by atoms with Crippen LogP contribution < -0.4 is 18.9 Å². The minimum absolute atomic E-state index is 0.0195. The number of carboxylic acid groups (broad SMARTS) is 2. The molecule has 4 rings (SSSR count). The van der Waals surface area contributed by atoms with E-state index >= 15 is 0 Å². The second-order valence-corrected chi connectivity index (χ2v) is 12.8. The highest BCUT2D eigenvalue weighted by Crippen LogP contribution is 2.46. The molecular formula is C30H28Cl2O10S2. The molecule has 0 bridgehead atoms. The number of carbonyl (C=O) groups is 4. The van der Waals surface area contributed by atoms with E-state index in [-0.39, 0.29) is 59.2 Å². The van der Waals surface area contributed by atoms with E-state index in [4.69, 9.17) is 52.4 Å². The van der Waals surface area contributed by atoms with E-state index in [1.54, 1.807) is 24.3 Å². The van der Waals surface area contributed by atoms with Crippen LogP contribution in [0.3, 0.4) is 0 Å². The first-order chi connectivity index (χ1) is 20.9. The van der Waals surface area contributed by atoms with Crippen LogP contribution in [0.4, 0.5) is 0 Å². The Hall–Kier alpha value is -3.58. The monoisotopic (exact) mass is 682 g/mol. The summed E-state index contributed by atoms with van der Waals surface area (Å²) >= 11 is 15.7. The molecule has 0 amide bonds. The third kappa shape index (κ3) is 7.04. The van der Waals surface area contributed by atoms with Crippen molar-refractivity contribution in [3.8, 4) is 23.0 Å². The number of hydrogen-bond donors (Lipinski definition) is 2. The van der Waals surface area contributed by atoms with Crippen LogP contribution in [0.5, 0.6) is 23.0 Å². The molecule has 0 aliphatic rings. The van der Waals surface area contributed by atoms with Crippen molar-refractivity contribution in [1.82, 2.24) is 0 Å². The average Bonchev–Trinajstić information content (AvgIpc) is 3.62. The zero-order valence-electron chi connectivity index (χ0n) is 24.0. The molecule has 10 nitrogen and oxygen atoms in total. The first-order valence-corrected chi connectivity index (χ1v) is 15.6. The van der Waals surface area contributed by atoms with Crippen molar-refractivity contribution >= 4 is 89.6 Å². The van der Waals surface area contributed by atoms with Gasteiger partial charge in [-0.15, -0.1) is 22.7 Å². The van der Waals surface area contributed by atoms with Crippen LogP contribution >= 0.6 is 45.9 Å². The number of carbonyl (C=O) groups excluding carboxylic acids is 2. The van der Waals surface area contributed by atoms with Gasteiger partial charge in [-0.2, -0.15) is 0 Å². The van der Waals surface area contributed by atoms with E-state index in [9.17, 15) is 19.2 Å². The van der Waals surface area contributed by atoms with Gasteiger partial charge in [0.2, 0.25) is 0 Å². The Kier molecular flexibility index (Phi) is 10.6. The molecule has 14 heteroatoms. The quantitative estimate of drug-likeness (QED) is 0.0955. The number of methoxy groups -OCH3 is 2. The first kappa shape index (κ1) is 33.3. The number of ketones is 2. The molecule has 2 atom stereocenters.